The molecule has 2 heteroatoms. The molecule has 1 aromatic rings. The first-order valence-electron chi connectivity index (χ1n) is 6.10. The lowest BCUT2D eigenvalue weighted by atomic mass is 10.0. The van der Waals surface area contributed by atoms with Crippen molar-refractivity contribution in [1.82, 2.24) is 0 Å². The summed E-state index contributed by atoms with van der Waals surface area (Å²) >= 11 is 3.54. The minimum absolute atomic E-state index is 0.328. The standard InChI is InChI=1S/C14H21BrO/c1-3-4-5-6-10-13(16)12-9-7-8-11(2)14(12)15/h7-9,13,16H,3-6,10H2,1-2H3. The molecule has 16 heavy (non-hydrogen) atoms. The third kappa shape index (κ3) is 3.91. The second-order valence-electron chi connectivity index (χ2n) is 4.34. The number of hydrogen-bond acceptors (Lipinski definition) is 1. The highest BCUT2D eigenvalue weighted by atomic mass is 79.9. The number of aliphatic hydroxyl groups excluding tert-OH is 1. The van der Waals surface area contributed by atoms with E-state index in [9.17, 15) is 5.11 Å². The van der Waals surface area contributed by atoms with Crippen molar-refractivity contribution in [2.75, 3.05) is 0 Å². The Morgan fingerprint density at radius 3 is 2.69 bits per heavy atom. The average molecular weight is 285 g/mol. The molecule has 90 valence electrons. The molecule has 0 saturated heterocycles. The van der Waals surface area contributed by atoms with E-state index < -0.39 is 0 Å². The molecule has 0 saturated carbocycles. The van der Waals surface area contributed by atoms with Gasteiger partial charge in [0, 0.05) is 4.47 Å². The monoisotopic (exact) mass is 284 g/mol. The SMILES string of the molecule is CCCCCCC(O)c1cccc(C)c1Br. The van der Waals surface area contributed by atoms with Crippen molar-refractivity contribution in [1.29, 1.82) is 0 Å². The summed E-state index contributed by atoms with van der Waals surface area (Å²) in [6, 6.07) is 6.06. The summed E-state index contributed by atoms with van der Waals surface area (Å²) in [7, 11) is 0. The number of benzene rings is 1. The van der Waals surface area contributed by atoms with Crippen LogP contribution >= 0.6 is 15.9 Å². The van der Waals surface area contributed by atoms with Gasteiger partial charge in [-0.15, -0.1) is 0 Å². The molecule has 1 aromatic carbocycles. The van der Waals surface area contributed by atoms with Crippen molar-refractivity contribution < 1.29 is 5.11 Å². The maximum atomic E-state index is 10.1. The van der Waals surface area contributed by atoms with Gasteiger partial charge in [-0.2, -0.15) is 0 Å². The first-order chi connectivity index (χ1) is 7.66. The summed E-state index contributed by atoms with van der Waals surface area (Å²) in [6.45, 7) is 4.25. The summed E-state index contributed by atoms with van der Waals surface area (Å²) in [4.78, 5) is 0. The number of aliphatic hydroxyl groups is 1. The Hall–Kier alpha value is -0.340. The lowest BCUT2D eigenvalue weighted by molar-refractivity contribution is 0.162. The molecule has 0 bridgehead atoms. The van der Waals surface area contributed by atoms with Crippen LogP contribution < -0.4 is 0 Å². The minimum Gasteiger partial charge on any atom is -0.388 e. The molecule has 1 atom stereocenters. The third-order valence-corrected chi connectivity index (χ3v) is 4.00. The zero-order chi connectivity index (χ0) is 12.0. The number of rotatable bonds is 6. The van der Waals surface area contributed by atoms with Gasteiger partial charge in [-0.1, -0.05) is 66.7 Å². The number of halogens is 1. The van der Waals surface area contributed by atoms with Gasteiger partial charge in [0.1, 0.15) is 0 Å². The van der Waals surface area contributed by atoms with Crippen LogP contribution in [0.4, 0.5) is 0 Å². The van der Waals surface area contributed by atoms with Crippen LogP contribution in [-0.2, 0) is 0 Å². The van der Waals surface area contributed by atoms with E-state index in [1.165, 1.54) is 24.8 Å². The molecule has 0 spiro atoms. The van der Waals surface area contributed by atoms with Gasteiger partial charge in [-0.25, -0.2) is 0 Å². The zero-order valence-electron chi connectivity index (χ0n) is 10.2. The molecule has 0 amide bonds. The van der Waals surface area contributed by atoms with Crippen molar-refractivity contribution in [3.05, 3.63) is 33.8 Å². The summed E-state index contributed by atoms with van der Waals surface area (Å²) in [6.07, 6.45) is 5.37. The van der Waals surface area contributed by atoms with Crippen LogP contribution in [0.5, 0.6) is 0 Å². The fourth-order valence-electron chi connectivity index (χ4n) is 1.85. The Balaban J connectivity index is 2.52. The average Bonchev–Trinajstić information content (AvgIpc) is 2.28. The number of hydrogen-bond donors (Lipinski definition) is 1. The highest BCUT2D eigenvalue weighted by Gasteiger charge is 2.11. The van der Waals surface area contributed by atoms with E-state index in [0.29, 0.717) is 0 Å². The highest BCUT2D eigenvalue weighted by Crippen LogP contribution is 2.29. The van der Waals surface area contributed by atoms with Crippen molar-refractivity contribution in [2.45, 2.75) is 52.1 Å². The van der Waals surface area contributed by atoms with E-state index in [1.807, 2.05) is 12.1 Å². The number of aryl methyl sites for hydroxylation is 1. The Kier molecular flexibility index (Phi) is 6.07. The predicted octanol–water partition coefficient (Wildman–Crippen LogP) is 4.76. The molecule has 1 N–H and O–H groups in total. The maximum Gasteiger partial charge on any atom is 0.0801 e. The van der Waals surface area contributed by atoms with E-state index in [0.717, 1.165) is 22.9 Å². The van der Waals surface area contributed by atoms with Gasteiger partial charge in [0.05, 0.1) is 6.10 Å². The second kappa shape index (κ2) is 7.08. The topological polar surface area (TPSA) is 20.2 Å². The van der Waals surface area contributed by atoms with E-state index >= 15 is 0 Å². The van der Waals surface area contributed by atoms with Crippen LogP contribution in [0.25, 0.3) is 0 Å². The van der Waals surface area contributed by atoms with Gasteiger partial charge in [0.15, 0.2) is 0 Å². The molecule has 0 fully saturated rings. The van der Waals surface area contributed by atoms with Crippen molar-refractivity contribution in [3.63, 3.8) is 0 Å². The third-order valence-electron chi connectivity index (χ3n) is 2.91. The van der Waals surface area contributed by atoms with Crippen LogP contribution in [-0.4, -0.2) is 5.11 Å². The Labute approximate surface area is 107 Å². The molecule has 1 nitrogen and oxygen atoms in total. The van der Waals surface area contributed by atoms with E-state index in [-0.39, 0.29) is 6.10 Å². The van der Waals surface area contributed by atoms with Gasteiger partial charge in [-0.3, -0.25) is 0 Å². The fourth-order valence-corrected chi connectivity index (χ4v) is 2.38. The van der Waals surface area contributed by atoms with Crippen molar-refractivity contribution in [2.24, 2.45) is 0 Å². The summed E-state index contributed by atoms with van der Waals surface area (Å²) in [5.41, 5.74) is 2.21. The lowest BCUT2D eigenvalue weighted by Crippen LogP contribution is -1.99. The summed E-state index contributed by atoms with van der Waals surface area (Å²) in [5.74, 6) is 0. The Morgan fingerprint density at radius 1 is 1.25 bits per heavy atom. The molecule has 0 aliphatic rings. The molecule has 0 aliphatic heterocycles. The van der Waals surface area contributed by atoms with E-state index in [1.54, 1.807) is 0 Å². The van der Waals surface area contributed by atoms with Gasteiger partial charge in [0.25, 0.3) is 0 Å². The summed E-state index contributed by atoms with van der Waals surface area (Å²) in [5, 5.41) is 10.1. The predicted molar refractivity (Wildman–Crippen MR) is 72.6 cm³/mol. The molecule has 0 aliphatic carbocycles. The molecule has 0 aromatic heterocycles. The first-order valence-corrected chi connectivity index (χ1v) is 6.89. The van der Waals surface area contributed by atoms with Gasteiger partial charge in [-0.05, 0) is 24.5 Å². The normalized spacial score (nSPS) is 12.8. The quantitative estimate of drug-likeness (QED) is 0.747. The van der Waals surface area contributed by atoms with Crippen LogP contribution in [0.3, 0.4) is 0 Å². The molecule has 1 unspecified atom stereocenters. The van der Waals surface area contributed by atoms with Crippen LogP contribution in [0.2, 0.25) is 0 Å². The summed E-state index contributed by atoms with van der Waals surface area (Å²) < 4.78 is 1.05. The Morgan fingerprint density at radius 2 is 2.00 bits per heavy atom. The first kappa shape index (κ1) is 13.7. The molecular formula is C14H21BrO. The van der Waals surface area contributed by atoms with Crippen molar-refractivity contribution >= 4 is 15.9 Å². The highest BCUT2D eigenvalue weighted by molar-refractivity contribution is 9.10. The minimum atomic E-state index is -0.328. The molecular weight excluding hydrogens is 264 g/mol. The lowest BCUT2D eigenvalue weighted by Gasteiger charge is -2.14. The van der Waals surface area contributed by atoms with E-state index in [4.69, 9.17) is 0 Å². The van der Waals surface area contributed by atoms with Gasteiger partial charge < -0.3 is 5.11 Å². The molecule has 1 rings (SSSR count). The largest absolute Gasteiger partial charge is 0.388 e. The maximum absolute atomic E-state index is 10.1. The van der Waals surface area contributed by atoms with Gasteiger partial charge >= 0.3 is 0 Å². The zero-order valence-corrected chi connectivity index (χ0v) is 11.8. The Bertz CT molecular complexity index is 323. The molecule has 0 radical (unpaired) electrons. The van der Waals surface area contributed by atoms with Crippen LogP contribution in [0.1, 0.15) is 56.3 Å². The fraction of sp³-hybridized carbons (Fsp3) is 0.571. The van der Waals surface area contributed by atoms with Crippen LogP contribution in [0, 0.1) is 6.92 Å². The van der Waals surface area contributed by atoms with E-state index in [2.05, 4.69) is 35.8 Å². The van der Waals surface area contributed by atoms with Crippen molar-refractivity contribution in [3.8, 4) is 0 Å². The van der Waals surface area contributed by atoms with Gasteiger partial charge in [0.2, 0.25) is 0 Å². The van der Waals surface area contributed by atoms with Crippen LogP contribution in [0.15, 0.2) is 22.7 Å². The smallest absolute Gasteiger partial charge is 0.0801 e. The number of unbranched alkanes of at least 4 members (excludes halogenated alkanes) is 3. The second-order valence-corrected chi connectivity index (χ2v) is 5.14. The molecule has 0 heterocycles.